The molecule has 0 radical (unpaired) electrons. The van der Waals surface area contributed by atoms with E-state index in [1.54, 1.807) is 24.0 Å². The molecule has 0 aliphatic heterocycles. The monoisotopic (exact) mass is 409 g/mol. The minimum Gasteiger partial charge on any atom is -0.290 e. The first-order valence-corrected chi connectivity index (χ1v) is 9.69. The van der Waals surface area contributed by atoms with Gasteiger partial charge in [0.25, 0.3) is 0 Å². The second-order valence-electron chi connectivity index (χ2n) is 6.77. The van der Waals surface area contributed by atoms with Crippen LogP contribution in [0.5, 0.6) is 0 Å². The third-order valence-electron chi connectivity index (χ3n) is 4.88. The molecule has 29 heavy (non-hydrogen) atoms. The Morgan fingerprint density at radius 2 is 1.93 bits per heavy atom. The van der Waals surface area contributed by atoms with Crippen LogP contribution in [0.3, 0.4) is 0 Å². The molecule has 4 rings (SSSR count). The Morgan fingerprint density at radius 1 is 1.14 bits per heavy atom. The normalized spacial score (nSPS) is 11.1. The first-order valence-electron chi connectivity index (χ1n) is 9.31. The molecule has 0 unspecified atom stereocenters. The molecule has 0 aliphatic rings. The number of halogens is 1. The van der Waals surface area contributed by atoms with Crippen molar-refractivity contribution in [2.45, 2.75) is 26.3 Å². The van der Waals surface area contributed by atoms with Gasteiger partial charge in [-0.3, -0.25) is 14.1 Å². The SMILES string of the molecule is CCCc1c(Cl)n(C)c(=O)n1Cc1ccc(-c2ccncc2-c2nn[nH]n2)cc1. The highest BCUT2D eigenvalue weighted by Crippen LogP contribution is 2.29. The molecule has 3 aromatic heterocycles. The number of imidazole rings is 1. The fourth-order valence-corrected chi connectivity index (χ4v) is 3.66. The van der Waals surface area contributed by atoms with Crippen LogP contribution >= 0.6 is 11.6 Å². The van der Waals surface area contributed by atoms with E-state index >= 15 is 0 Å². The molecular weight excluding hydrogens is 390 g/mol. The molecule has 0 fully saturated rings. The number of H-pyrrole nitrogens is 1. The van der Waals surface area contributed by atoms with Gasteiger partial charge in [-0.25, -0.2) is 4.79 Å². The highest BCUT2D eigenvalue weighted by atomic mass is 35.5. The molecule has 148 valence electrons. The minimum absolute atomic E-state index is 0.101. The number of hydrogen-bond acceptors (Lipinski definition) is 5. The lowest BCUT2D eigenvalue weighted by molar-refractivity contribution is 0.681. The van der Waals surface area contributed by atoms with E-state index in [9.17, 15) is 4.79 Å². The van der Waals surface area contributed by atoms with E-state index in [4.69, 9.17) is 11.6 Å². The lowest BCUT2D eigenvalue weighted by Gasteiger charge is -2.09. The average Bonchev–Trinajstić information content (AvgIpc) is 3.35. The van der Waals surface area contributed by atoms with E-state index in [1.807, 2.05) is 30.3 Å². The maximum absolute atomic E-state index is 12.6. The van der Waals surface area contributed by atoms with E-state index in [2.05, 4.69) is 32.5 Å². The number of tetrazole rings is 1. The molecule has 0 saturated heterocycles. The van der Waals surface area contributed by atoms with Crippen LogP contribution in [0.15, 0.2) is 47.5 Å². The van der Waals surface area contributed by atoms with Crippen LogP contribution in [0, 0.1) is 0 Å². The van der Waals surface area contributed by atoms with Crippen LogP contribution in [0.25, 0.3) is 22.5 Å². The zero-order valence-corrected chi connectivity index (χ0v) is 16.9. The standard InChI is InChI=1S/C20H20ClN7O/c1-3-4-17-18(21)27(2)20(29)28(17)12-13-5-7-14(8-6-13)15-9-10-22-11-16(15)19-23-25-26-24-19/h5-11H,3-4,12H2,1-2H3,(H,23,24,25,26). The van der Waals surface area contributed by atoms with Crippen LogP contribution in [0.2, 0.25) is 5.15 Å². The van der Waals surface area contributed by atoms with E-state index in [1.165, 1.54) is 4.57 Å². The first kappa shape index (κ1) is 19.1. The Labute approximate surface area is 172 Å². The van der Waals surface area contributed by atoms with Gasteiger partial charge in [0.05, 0.1) is 12.2 Å². The highest BCUT2D eigenvalue weighted by molar-refractivity contribution is 6.30. The Kier molecular flexibility index (Phi) is 5.26. The molecular formula is C20H20ClN7O. The Morgan fingerprint density at radius 3 is 2.62 bits per heavy atom. The van der Waals surface area contributed by atoms with Gasteiger partial charge in [0.1, 0.15) is 5.15 Å². The zero-order chi connectivity index (χ0) is 20.4. The molecule has 3 heterocycles. The average molecular weight is 410 g/mol. The first-order chi connectivity index (χ1) is 14.1. The molecule has 0 saturated carbocycles. The van der Waals surface area contributed by atoms with Crippen molar-refractivity contribution >= 4 is 11.6 Å². The fourth-order valence-electron chi connectivity index (χ4n) is 3.40. The number of nitrogens with zero attached hydrogens (tertiary/aromatic N) is 6. The molecule has 0 bridgehead atoms. The van der Waals surface area contributed by atoms with E-state index < -0.39 is 0 Å². The van der Waals surface area contributed by atoms with Gasteiger partial charge in [0.2, 0.25) is 5.82 Å². The quantitative estimate of drug-likeness (QED) is 0.528. The Bertz CT molecular complexity index is 1180. The summed E-state index contributed by atoms with van der Waals surface area (Å²) in [7, 11) is 1.70. The summed E-state index contributed by atoms with van der Waals surface area (Å²) in [6.07, 6.45) is 5.13. The van der Waals surface area contributed by atoms with Gasteiger partial charge in [-0.15, -0.1) is 10.2 Å². The maximum Gasteiger partial charge on any atom is 0.329 e. The van der Waals surface area contributed by atoms with E-state index in [0.717, 1.165) is 40.8 Å². The van der Waals surface area contributed by atoms with Crippen molar-refractivity contribution in [3.63, 3.8) is 0 Å². The number of rotatable bonds is 6. The molecule has 4 aromatic rings. The molecule has 8 nitrogen and oxygen atoms in total. The summed E-state index contributed by atoms with van der Waals surface area (Å²) < 4.78 is 3.24. The predicted molar refractivity (Wildman–Crippen MR) is 111 cm³/mol. The third-order valence-corrected chi connectivity index (χ3v) is 5.35. The Hall–Kier alpha value is -3.26. The highest BCUT2D eigenvalue weighted by Gasteiger charge is 2.16. The molecule has 9 heteroatoms. The molecule has 0 aliphatic carbocycles. The number of pyridine rings is 1. The molecule has 0 amide bonds. The zero-order valence-electron chi connectivity index (χ0n) is 16.1. The van der Waals surface area contributed by atoms with Crippen LogP contribution in [-0.2, 0) is 20.0 Å². The second kappa shape index (κ2) is 8.00. The van der Waals surface area contributed by atoms with Gasteiger partial charge in [0, 0.05) is 25.0 Å². The number of hydrogen-bond donors (Lipinski definition) is 1. The lowest BCUT2D eigenvalue weighted by atomic mass is 10.00. The molecule has 1 aromatic carbocycles. The van der Waals surface area contributed by atoms with Gasteiger partial charge in [0.15, 0.2) is 0 Å². The largest absolute Gasteiger partial charge is 0.329 e. The van der Waals surface area contributed by atoms with Crippen molar-refractivity contribution in [2.75, 3.05) is 0 Å². The summed E-state index contributed by atoms with van der Waals surface area (Å²) >= 11 is 6.35. The second-order valence-corrected chi connectivity index (χ2v) is 7.13. The van der Waals surface area contributed by atoms with Gasteiger partial charge < -0.3 is 0 Å². The van der Waals surface area contributed by atoms with Crippen molar-refractivity contribution in [3.05, 3.63) is 69.6 Å². The van der Waals surface area contributed by atoms with Gasteiger partial charge in [-0.2, -0.15) is 5.21 Å². The molecule has 1 N–H and O–H groups in total. The summed E-state index contributed by atoms with van der Waals surface area (Å²) in [6.45, 7) is 2.55. The number of aromatic amines is 1. The van der Waals surface area contributed by atoms with Gasteiger partial charge >= 0.3 is 5.69 Å². The fraction of sp³-hybridized carbons (Fsp3) is 0.250. The summed E-state index contributed by atoms with van der Waals surface area (Å²) in [5.74, 6) is 0.492. The third kappa shape index (κ3) is 3.58. The van der Waals surface area contributed by atoms with Crippen LogP contribution < -0.4 is 5.69 Å². The Balaban J connectivity index is 1.66. The van der Waals surface area contributed by atoms with Gasteiger partial charge in [-0.05, 0) is 34.4 Å². The summed E-state index contributed by atoms with van der Waals surface area (Å²) in [5, 5.41) is 14.7. The van der Waals surface area contributed by atoms with Crippen molar-refractivity contribution in [1.82, 2.24) is 34.7 Å². The van der Waals surface area contributed by atoms with Crippen molar-refractivity contribution in [2.24, 2.45) is 7.05 Å². The molecule has 0 atom stereocenters. The smallest absolute Gasteiger partial charge is 0.290 e. The lowest BCUT2D eigenvalue weighted by Crippen LogP contribution is -2.24. The van der Waals surface area contributed by atoms with Crippen LogP contribution in [0.1, 0.15) is 24.6 Å². The van der Waals surface area contributed by atoms with Gasteiger partial charge in [-0.1, -0.05) is 49.2 Å². The topological polar surface area (TPSA) is 94.3 Å². The van der Waals surface area contributed by atoms with Crippen LogP contribution in [0.4, 0.5) is 0 Å². The molecule has 0 spiro atoms. The number of benzene rings is 1. The predicted octanol–water partition coefficient (Wildman–Crippen LogP) is 3.08. The minimum atomic E-state index is -0.101. The van der Waals surface area contributed by atoms with Crippen molar-refractivity contribution in [1.29, 1.82) is 0 Å². The maximum atomic E-state index is 12.6. The van der Waals surface area contributed by atoms with E-state index in [0.29, 0.717) is 17.5 Å². The number of nitrogens with one attached hydrogen (secondary N) is 1. The summed E-state index contributed by atoms with van der Waals surface area (Å²) in [6, 6.07) is 9.98. The number of aromatic nitrogens is 7. The van der Waals surface area contributed by atoms with Crippen molar-refractivity contribution < 1.29 is 0 Å². The summed E-state index contributed by atoms with van der Waals surface area (Å²) in [5.41, 5.74) is 4.55. The van der Waals surface area contributed by atoms with Crippen LogP contribution in [-0.4, -0.2) is 34.7 Å². The summed E-state index contributed by atoms with van der Waals surface area (Å²) in [4.78, 5) is 16.7. The van der Waals surface area contributed by atoms with E-state index in [-0.39, 0.29) is 5.69 Å². The van der Waals surface area contributed by atoms with Crippen molar-refractivity contribution in [3.8, 4) is 22.5 Å².